The monoisotopic (exact) mass is 249 g/mol. The molecule has 1 fully saturated rings. The fourth-order valence-electron chi connectivity index (χ4n) is 1.95. The third-order valence-corrected chi connectivity index (χ3v) is 2.95. The Labute approximate surface area is 105 Å². The summed E-state index contributed by atoms with van der Waals surface area (Å²) in [6.45, 7) is 0.218. The van der Waals surface area contributed by atoms with Gasteiger partial charge in [-0.25, -0.2) is 0 Å². The summed E-state index contributed by atoms with van der Waals surface area (Å²) in [7, 11) is 0. The van der Waals surface area contributed by atoms with E-state index >= 15 is 0 Å². The van der Waals surface area contributed by atoms with Gasteiger partial charge in [-0.15, -0.1) is 0 Å². The number of nitrogens with one attached hydrogen (secondary N) is 1. The lowest BCUT2D eigenvalue weighted by molar-refractivity contribution is -0.147. The lowest BCUT2D eigenvalue weighted by Gasteiger charge is -2.11. The number of carbonyl (C=O) groups excluding carboxylic acids is 1. The fourth-order valence-corrected chi connectivity index (χ4v) is 1.95. The van der Waals surface area contributed by atoms with Gasteiger partial charge in [-0.05, 0) is 18.4 Å². The molecule has 1 saturated heterocycles. The first-order valence-corrected chi connectivity index (χ1v) is 5.86. The number of hydrogen-bond acceptors (Lipinski definition) is 4. The topological polar surface area (TPSA) is 75.6 Å². The first kappa shape index (κ1) is 12.6. The fraction of sp³-hybridized carbons (Fsp3) is 0.385. The molecule has 2 unspecified atom stereocenters. The number of esters is 1. The van der Waals surface area contributed by atoms with Crippen LogP contribution in [0.2, 0.25) is 0 Å². The molecule has 5 heteroatoms. The van der Waals surface area contributed by atoms with Gasteiger partial charge in [0.05, 0.1) is 0 Å². The molecule has 0 amide bonds. The molecule has 1 aromatic rings. The number of carbonyl (C=O) groups is 2. The summed E-state index contributed by atoms with van der Waals surface area (Å²) in [6.07, 6.45) is 0.963. The van der Waals surface area contributed by atoms with Crippen molar-refractivity contribution >= 4 is 11.9 Å². The Kier molecular flexibility index (Phi) is 3.94. The number of carboxylic acids is 1. The van der Waals surface area contributed by atoms with Crippen molar-refractivity contribution < 1.29 is 19.4 Å². The van der Waals surface area contributed by atoms with Gasteiger partial charge in [0.1, 0.15) is 18.7 Å². The second-order valence-corrected chi connectivity index (χ2v) is 4.28. The summed E-state index contributed by atoms with van der Waals surface area (Å²) in [4.78, 5) is 22.4. The Morgan fingerprint density at radius 3 is 2.50 bits per heavy atom. The zero-order valence-electron chi connectivity index (χ0n) is 9.83. The molecule has 96 valence electrons. The van der Waals surface area contributed by atoms with Crippen molar-refractivity contribution in [1.29, 1.82) is 0 Å². The molecule has 0 aromatic heterocycles. The highest BCUT2D eigenvalue weighted by atomic mass is 16.5. The molecule has 1 aliphatic heterocycles. The quantitative estimate of drug-likeness (QED) is 0.776. The SMILES string of the molecule is O=C(O)C1CCC(C(=O)OCc2ccccc2)N1. The minimum absolute atomic E-state index is 0.218. The molecule has 0 radical (unpaired) electrons. The largest absolute Gasteiger partial charge is 0.480 e. The van der Waals surface area contributed by atoms with E-state index in [0.29, 0.717) is 12.8 Å². The molecule has 0 saturated carbocycles. The van der Waals surface area contributed by atoms with Crippen LogP contribution >= 0.6 is 0 Å². The van der Waals surface area contributed by atoms with Crippen molar-refractivity contribution in [2.45, 2.75) is 31.5 Å². The predicted molar refractivity (Wildman–Crippen MR) is 63.8 cm³/mol. The molecule has 18 heavy (non-hydrogen) atoms. The molecule has 0 bridgehead atoms. The van der Waals surface area contributed by atoms with Crippen molar-refractivity contribution in [1.82, 2.24) is 5.32 Å². The zero-order chi connectivity index (χ0) is 13.0. The van der Waals surface area contributed by atoms with Gasteiger partial charge in [0, 0.05) is 0 Å². The summed E-state index contributed by atoms with van der Waals surface area (Å²) in [5.41, 5.74) is 0.915. The van der Waals surface area contributed by atoms with Gasteiger partial charge in [0.25, 0.3) is 0 Å². The van der Waals surface area contributed by atoms with E-state index in [2.05, 4.69) is 5.32 Å². The van der Waals surface area contributed by atoms with Crippen molar-refractivity contribution in [2.75, 3.05) is 0 Å². The van der Waals surface area contributed by atoms with Crippen LogP contribution < -0.4 is 5.32 Å². The van der Waals surface area contributed by atoms with Gasteiger partial charge < -0.3 is 9.84 Å². The van der Waals surface area contributed by atoms with Gasteiger partial charge in [-0.2, -0.15) is 0 Å². The number of hydrogen-bond donors (Lipinski definition) is 2. The summed E-state index contributed by atoms with van der Waals surface area (Å²) >= 11 is 0. The van der Waals surface area contributed by atoms with Crippen LogP contribution in [0, 0.1) is 0 Å². The zero-order valence-corrected chi connectivity index (χ0v) is 9.83. The third-order valence-electron chi connectivity index (χ3n) is 2.95. The maximum absolute atomic E-state index is 11.7. The molecule has 1 aliphatic rings. The van der Waals surface area contributed by atoms with E-state index in [0.717, 1.165) is 5.56 Å². The predicted octanol–water partition coefficient (Wildman–Crippen LogP) is 0.935. The van der Waals surface area contributed by atoms with Gasteiger partial charge in [0.2, 0.25) is 0 Å². The summed E-state index contributed by atoms with van der Waals surface area (Å²) in [5.74, 6) is -1.31. The Morgan fingerprint density at radius 1 is 1.22 bits per heavy atom. The molecular weight excluding hydrogens is 234 g/mol. The van der Waals surface area contributed by atoms with Crippen LogP contribution in [0.15, 0.2) is 30.3 Å². The highest BCUT2D eigenvalue weighted by Crippen LogP contribution is 2.14. The molecular formula is C13H15NO4. The van der Waals surface area contributed by atoms with E-state index in [1.54, 1.807) is 0 Å². The normalized spacial score (nSPS) is 22.7. The smallest absolute Gasteiger partial charge is 0.323 e. The number of aliphatic carboxylic acids is 1. The summed E-state index contributed by atoms with van der Waals surface area (Å²) < 4.78 is 5.15. The molecule has 2 N–H and O–H groups in total. The average Bonchev–Trinajstić information content (AvgIpc) is 2.87. The molecule has 1 aromatic carbocycles. The number of rotatable bonds is 4. The van der Waals surface area contributed by atoms with Crippen LogP contribution in [0.4, 0.5) is 0 Å². The van der Waals surface area contributed by atoms with E-state index < -0.39 is 18.1 Å². The maximum Gasteiger partial charge on any atom is 0.323 e. The Morgan fingerprint density at radius 2 is 1.89 bits per heavy atom. The van der Waals surface area contributed by atoms with Crippen molar-refractivity contribution in [3.63, 3.8) is 0 Å². The molecule has 2 rings (SSSR count). The molecule has 5 nitrogen and oxygen atoms in total. The van der Waals surface area contributed by atoms with Crippen molar-refractivity contribution in [3.05, 3.63) is 35.9 Å². The molecule has 1 heterocycles. The first-order valence-electron chi connectivity index (χ1n) is 5.86. The third kappa shape index (κ3) is 3.07. The van der Waals surface area contributed by atoms with Crippen molar-refractivity contribution in [2.24, 2.45) is 0 Å². The van der Waals surface area contributed by atoms with Gasteiger partial charge in [0.15, 0.2) is 0 Å². The van der Waals surface area contributed by atoms with Gasteiger partial charge >= 0.3 is 11.9 Å². The van der Waals surface area contributed by atoms with E-state index in [9.17, 15) is 9.59 Å². The highest BCUT2D eigenvalue weighted by Gasteiger charge is 2.33. The minimum atomic E-state index is -0.923. The van der Waals surface area contributed by atoms with Crippen LogP contribution in [0.3, 0.4) is 0 Å². The van der Waals surface area contributed by atoms with Gasteiger partial charge in [-0.1, -0.05) is 30.3 Å². The lowest BCUT2D eigenvalue weighted by atomic mass is 10.2. The second-order valence-electron chi connectivity index (χ2n) is 4.28. The molecule has 2 atom stereocenters. The van der Waals surface area contributed by atoms with E-state index in [1.165, 1.54) is 0 Å². The Hall–Kier alpha value is -1.88. The Bertz CT molecular complexity index is 432. The number of carboxylic acid groups (broad SMARTS) is 1. The van der Waals surface area contributed by atoms with Crippen LogP contribution in [-0.2, 0) is 20.9 Å². The summed E-state index contributed by atoms with van der Waals surface area (Å²) in [6, 6.07) is 8.23. The van der Waals surface area contributed by atoms with E-state index in [1.807, 2.05) is 30.3 Å². The maximum atomic E-state index is 11.7. The highest BCUT2D eigenvalue weighted by molar-refractivity contribution is 5.80. The van der Waals surface area contributed by atoms with E-state index in [4.69, 9.17) is 9.84 Å². The van der Waals surface area contributed by atoms with Crippen LogP contribution in [0.5, 0.6) is 0 Å². The van der Waals surface area contributed by atoms with Crippen LogP contribution in [0.25, 0.3) is 0 Å². The molecule has 0 spiro atoms. The first-order chi connectivity index (χ1) is 8.66. The standard InChI is InChI=1S/C13H15NO4/c15-12(16)10-6-7-11(14-10)13(17)18-8-9-4-2-1-3-5-9/h1-5,10-11,14H,6-8H2,(H,15,16). The minimum Gasteiger partial charge on any atom is -0.480 e. The average molecular weight is 249 g/mol. The lowest BCUT2D eigenvalue weighted by Crippen LogP contribution is -2.40. The van der Waals surface area contributed by atoms with E-state index in [-0.39, 0.29) is 12.6 Å². The number of benzene rings is 1. The number of ether oxygens (including phenoxy) is 1. The molecule has 0 aliphatic carbocycles. The van der Waals surface area contributed by atoms with Crippen LogP contribution in [-0.4, -0.2) is 29.1 Å². The second kappa shape index (κ2) is 5.64. The summed E-state index contributed by atoms with van der Waals surface area (Å²) in [5, 5.41) is 11.6. The van der Waals surface area contributed by atoms with Crippen LogP contribution in [0.1, 0.15) is 18.4 Å². The Balaban J connectivity index is 1.81. The van der Waals surface area contributed by atoms with Crippen molar-refractivity contribution in [3.8, 4) is 0 Å². The van der Waals surface area contributed by atoms with Gasteiger partial charge in [-0.3, -0.25) is 14.9 Å².